The van der Waals surface area contributed by atoms with Crippen LogP contribution < -0.4 is 0 Å². The van der Waals surface area contributed by atoms with Crippen molar-refractivity contribution in [2.24, 2.45) is 4.99 Å². The third kappa shape index (κ3) is 9.73. The van der Waals surface area contributed by atoms with Gasteiger partial charge >= 0.3 is 5.97 Å². The number of carbonyl (C=O) groups is 1. The summed E-state index contributed by atoms with van der Waals surface area (Å²) in [5.41, 5.74) is -1.62. The maximum Gasteiger partial charge on any atom is 0.335 e. The quantitative estimate of drug-likeness (QED) is 0.160. The Morgan fingerprint density at radius 3 is 2.38 bits per heavy atom. The molecule has 0 aromatic heterocycles. The van der Waals surface area contributed by atoms with Gasteiger partial charge in [0.05, 0.1) is 19.5 Å². The van der Waals surface area contributed by atoms with Crippen molar-refractivity contribution in [3.05, 3.63) is 12.2 Å². The second-order valence-electron chi connectivity index (χ2n) is 6.93. The van der Waals surface area contributed by atoms with Crippen LogP contribution in [0.2, 0.25) is 0 Å². The van der Waals surface area contributed by atoms with E-state index in [1.54, 1.807) is 7.11 Å². The molecule has 2 unspecified atom stereocenters. The van der Waals surface area contributed by atoms with Crippen LogP contribution in [0.25, 0.3) is 0 Å². The highest BCUT2D eigenvalue weighted by Gasteiger charge is 2.42. The van der Waals surface area contributed by atoms with Gasteiger partial charge < -0.3 is 14.2 Å². The number of allylic oxidation sites excluding steroid dienone is 1. The van der Waals surface area contributed by atoms with E-state index in [2.05, 4.69) is 12.6 Å². The highest BCUT2D eigenvalue weighted by atomic mass is 31.1. The summed E-state index contributed by atoms with van der Waals surface area (Å²) in [6.45, 7) is 10.9. The lowest BCUT2D eigenvalue weighted by Gasteiger charge is -2.30. The van der Waals surface area contributed by atoms with Crippen LogP contribution in [0.5, 0.6) is 0 Å². The Kier molecular flexibility index (Phi) is 12.1. The van der Waals surface area contributed by atoms with E-state index in [0.717, 1.165) is 13.4 Å². The Hall–Kier alpha value is -0.860. The molecule has 0 aromatic carbocycles. The smallest absolute Gasteiger partial charge is 0.335 e. The Balaban J connectivity index is 5.80. The minimum Gasteiger partial charge on any atom is -0.458 e. The normalized spacial score (nSPS) is 15.9. The fraction of sp³-hybridized carbons (Fsp3) is 0.684. The summed E-state index contributed by atoms with van der Waals surface area (Å²) in [7, 11) is 1.72. The van der Waals surface area contributed by atoms with Gasteiger partial charge in [0, 0.05) is 26.6 Å². The number of esters is 1. The lowest BCUT2D eigenvalue weighted by molar-refractivity contribution is -0.162. The molecule has 0 saturated heterocycles. The molecule has 0 aromatic rings. The minimum absolute atomic E-state index is 0.337. The van der Waals surface area contributed by atoms with E-state index in [1.807, 2.05) is 46.5 Å². The maximum atomic E-state index is 13.1. The summed E-state index contributed by atoms with van der Waals surface area (Å²) >= 11 is 0. The summed E-state index contributed by atoms with van der Waals surface area (Å²) in [4.78, 5) is 17.9. The van der Waals surface area contributed by atoms with Gasteiger partial charge in [0.2, 0.25) is 0 Å². The second kappa shape index (κ2) is 12.5. The van der Waals surface area contributed by atoms with Crippen LogP contribution in [0.15, 0.2) is 17.1 Å². The van der Waals surface area contributed by atoms with Crippen LogP contribution in [0.3, 0.4) is 0 Å². The molecule has 0 amide bonds. The zero-order valence-corrected chi connectivity index (χ0v) is 18.9. The van der Waals surface area contributed by atoms with Gasteiger partial charge in [-0.15, -0.1) is 0 Å². The van der Waals surface area contributed by atoms with E-state index in [-0.39, 0.29) is 5.97 Å². The summed E-state index contributed by atoms with van der Waals surface area (Å²) < 4.78 is 16.3. The Bertz CT molecular complexity index is 538. The molecular formula is C19H34NO4P2+. The first-order valence-electron chi connectivity index (χ1n) is 8.64. The molecule has 0 bridgehead atoms. The van der Waals surface area contributed by atoms with E-state index in [9.17, 15) is 4.79 Å². The zero-order chi connectivity index (χ0) is 20.2. The van der Waals surface area contributed by atoms with Crippen LogP contribution in [0.4, 0.5) is 0 Å². The molecule has 0 saturated carbocycles. The van der Waals surface area contributed by atoms with E-state index < -0.39 is 18.7 Å². The largest absolute Gasteiger partial charge is 0.458 e. The average molecular weight is 402 g/mol. The number of nitrogens with zero attached hydrogens (tertiary/aromatic N) is 1. The molecule has 2 atom stereocenters. The molecule has 0 spiro atoms. The zero-order valence-electron chi connectivity index (χ0n) is 17.1. The van der Waals surface area contributed by atoms with Crippen molar-refractivity contribution >= 4 is 39.5 Å². The lowest BCUT2D eigenvalue weighted by Crippen LogP contribution is -2.43. The van der Waals surface area contributed by atoms with Crippen LogP contribution in [-0.2, 0) is 19.0 Å². The molecular weight excluding hydrogens is 368 g/mol. The number of rotatable bonds is 12. The number of ether oxygens (including phenoxy) is 3. The van der Waals surface area contributed by atoms with E-state index in [0.29, 0.717) is 32.7 Å². The first-order valence-corrected chi connectivity index (χ1v) is 11.7. The van der Waals surface area contributed by atoms with Gasteiger partial charge in [-0.2, -0.15) is 0 Å². The predicted octanol–water partition coefficient (Wildman–Crippen LogP) is 4.36. The number of carbonyl (C=O) groups excluding carboxylic acids is 1. The number of hydrogen-bond donors (Lipinski definition) is 0. The summed E-state index contributed by atoms with van der Waals surface area (Å²) in [6, 6.07) is 0. The maximum absolute atomic E-state index is 13.1. The van der Waals surface area contributed by atoms with Gasteiger partial charge in [0.15, 0.2) is 5.54 Å². The highest BCUT2D eigenvalue weighted by Crippen LogP contribution is 2.33. The predicted molar refractivity (Wildman–Crippen MR) is 117 cm³/mol. The molecule has 0 aliphatic rings. The van der Waals surface area contributed by atoms with Crippen molar-refractivity contribution < 1.29 is 19.0 Å². The lowest BCUT2D eigenvalue weighted by atomic mass is 9.91. The monoisotopic (exact) mass is 402 g/mol. The van der Waals surface area contributed by atoms with Crippen molar-refractivity contribution in [3.8, 4) is 0 Å². The molecule has 0 radical (unpaired) electrons. The third-order valence-electron chi connectivity index (χ3n) is 3.36. The molecule has 7 heteroatoms. The highest BCUT2D eigenvalue weighted by molar-refractivity contribution is 7.92. The van der Waals surface area contributed by atoms with Crippen LogP contribution in [0, 0.1) is 0 Å². The molecule has 0 aliphatic heterocycles. The second-order valence-corrected chi connectivity index (χ2v) is 9.84. The van der Waals surface area contributed by atoms with Gasteiger partial charge in [-0.05, 0) is 35.9 Å². The SMILES string of the molecule is C=PC(=NC(CC=CC)(CCOCCOC)C(=O)OC(C)(C)C)[P+](=C)C. The molecule has 0 heterocycles. The number of aliphatic imine (C=N–C) groups is 1. The van der Waals surface area contributed by atoms with Gasteiger partial charge in [-0.3, -0.25) is 0 Å². The van der Waals surface area contributed by atoms with E-state index in [4.69, 9.17) is 19.2 Å². The molecule has 26 heavy (non-hydrogen) atoms. The Morgan fingerprint density at radius 1 is 1.27 bits per heavy atom. The first kappa shape index (κ1) is 25.1. The molecule has 0 aliphatic carbocycles. The van der Waals surface area contributed by atoms with Gasteiger partial charge in [-0.1, -0.05) is 18.5 Å². The standard InChI is InChI=1S/C19H34NO4P2/c1-9-10-11-19(12-13-23-15-14-22-5,16(21)24-18(2,3)4)20-17(25-6)26(7)8/h9-10H,6-7,11-15H2,1-5,8H3/q+1. The molecule has 0 fully saturated rings. The molecule has 5 nitrogen and oxygen atoms in total. The summed E-state index contributed by atoms with van der Waals surface area (Å²) in [5, 5.41) is 0.840. The van der Waals surface area contributed by atoms with Crippen LogP contribution in [0.1, 0.15) is 40.5 Å². The fourth-order valence-electron chi connectivity index (χ4n) is 2.04. The Labute approximate surface area is 161 Å². The number of methoxy groups -OCH3 is 1. The molecule has 0 N–H and O–H groups in total. The van der Waals surface area contributed by atoms with Crippen molar-refractivity contribution in [3.63, 3.8) is 0 Å². The van der Waals surface area contributed by atoms with Crippen LogP contribution >= 0.6 is 15.7 Å². The fourth-order valence-corrected chi connectivity index (χ4v) is 3.63. The van der Waals surface area contributed by atoms with Crippen molar-refractivity contribution in [2.45, 2.75) is 51.7 Å². The average Bonchev–Trinajstić information content (AvgIpc) is 2.54. The van der Waals surface area contributed by atoms with Gasteiger partial charge in [-0.25, -0.2) is 9.79 Å². The molecule has 148 valence electrons. The van der Waals surface area contributed by atoms with Gasteiger partial charge in [0.1, 0.15) is 19.8 Å². The third-order valence-corrected chi connectivity index (χ3v) is 5.97. The summed E-state index contributed by atoms with van der Waals surface area (Å²) in [6.07, 6.45) is 12.8. The minimum atomic E-state index is -1.03. The van der Waals surface area contributed by atoms with Crippen molar-refractivity contribution in [1.82, 2.24) is 0 Å². The van der Waals surface area contributed by atoms with Crippen molar-refractivity contribution in [1.29, 1.82) is 0 Å². The number of hydrogen-bond acceptors (Lipinski definition) is 5. The first-order chi connectivity index (χ1) is 12.1. The molecule has 0 rings (SSSR count). The van der Waals surface area contributed by atoms with E-state index >= 15 is 0 Å². The van der Waals surface area contributed by atoms with Gasteiger partial charge in [0.25, 0.3) is 5.19 Å². The van der Waals surface area contributed by atoms with Crippen LogP contribution in [-0.4, -0.2) is 68.5 Å². The Morgan fingerprint density at radius 2 is 1.92 bits per heavy atom. The van der Waals surface area contributed by atoms with Crippen molar-refractivity contribution in [2.75, 3.05) is 33.6 Å². The summed E-state index contributed by atoms with van der Waals surface area (Å²) in [5.74, 6) is -0.337. The topological polar surface area (TPSA) is 57.1 Å². The van der Waals surface area contributed by atoms with E-state index in [1.165, 1.54) is 0 Å².